The summed E-state index contributed by atoms with van der Waals surface area (Å²) >= 11 is 0. The molecule has 4 nitrogen and oxygen atoms in total. The van der Waals surface area contributed by atoms with Crippen LogP contribution in [-0.2, 0) is 0 Å². The van der Waals surface area contributed by atoms with E-state index in [9.17, 15) is 4.79 Å². The van der Waals surface area contributed by atoms with Gasteiger partial charge in [0.15, 0.2) is 5.78 Å². The molecule has 1 N–H and O–H groups in total. The zero-order chi connectivity index (χ0) is 14.3. The van der Waals surface area contributed by atoms with Gasteiger partial charge in [0.2, 0.25) is 0 Å². The second kappa shape index (κ2) is 7.79. The van der Waals surface area contributed by atoms with Gasteiger partial charge >= 0.3 is 0 Å². The van der Waals surface area contributed by atoms with E-state index in [0.717, 1.165) is 31.5 Å². The summed E-state index contributed by atoms with van der Waals surface area (Å²) in [6, 6.07) is 5.63. The van der Waals surface area contributed by atoms with Crippen molar-refractivity contribution < 1.29 is 14.6 Å². The molecule has 0 fully saturated rings. The third kappa shape index (κ3) is 4.24. The lowest BCUT2D eigenvalue weighted by molar-refractivity contribution is 0.101. The van der Waals surface area contributed by atoms with Crippen molar-refractivity contribution in [3.05, 3.63) is 23.8 Å². The highest BCUT2D eigenvalue weighted by atomic mass is 16.5. The van der Waals surface area contributed by atoms with Gasteiger partial charge in [-0.2, -0.15) is 0 Å². The van der Waals surface area contributed by atoms with Gasteiger partial charge in [-0.3, -0.25) is 4.79 Å². The minimum absolute atomic E-state index is 0.00894. The van der Waals surface area contributed by atoms with Gasteiger partial charge in [-0.1, -0.05) is 6.07 Å². The van der Waals surface area contributed by atoms with E-state index in [1.807, 2.05) is 19.2 Å². The molecule has 1 aromatic carbocycles. The normalized spacial score (nSPS) is 10.3. The van der Waals surface area contributed by atoms with Gasteiger partial charge in [0.1, 0.15) is 5.75 Å². The van der Waals surface area contributed by atoms with Crippen LogP contribution in [0.3, 0.4) is 0 Å². The molecule has 0 aliphatic rings. The van der Waals surface area contributed by atoms with Crippen LogP contribution in [0.15, 0.2) is 18.2 Å². The van der Waals surface area contributed by atoms with E-state index in [2.05, 4.69) is 4.90 Å². The molecule has 106 valence electrons. The van der Waals surface area contributed by atoms with Crippen LogP contribution in [0.4, 0.5) is 5.69 Å². The number of aliphatic hydroxyl groups is 1. The third-order valence-corrected chi connectivity index (χ3v) is 3.14. The van der Waals surface area contributed by atoms with Gasteiger partial charge in [0.25, 0.3) is 0 Å². The fourth-order valence-corrected chi connectivity index (χ4v) is 2.12. The molecule has 0 aliphatic carbocycles. The fourth-order valence-electron chi connectivity index (χ4n) is 2.12. The summed E-state index contributed by atoms with van der Waals surface area (Å²) in [6.07, 6.45) is 2.80. The van der Waals surface area contributed by atoms with Crippen molar-refractivity contribution in [1.29, 1.82) is 0 Å². The van der Waals surface area contributed by atoms with Gasteiger partial charge in [0, 0.05) is 20.2 Å². The van der Waals surface area contributed by atoms with E-state index in [4.69, 9.17) is 9.84 Å². The van der Waals surface area contributed by atoms with Crippen molar-refractivity contribution >= 4 is 11.5 Å². The van der Waals surface area contributed by atoms with Crippen LogP contribution in [-0.4, -0.2) is 38.2 Å². The molecule has 4 heteroatoms. The van der Waals surface area contributed by atoms with E-state index in [1.165, 1.54) is 0 Å². The fraction of sp³-hybridized carbons (Fsp3) is 0.533. The largest absolute Gasteiger partial charge is 0.496 e. The van der Waals surface area contributed by atoms with Gasteiger partial charge in [0.05, 0.1) is 18.4 Å². The van der Waals surface area contributed by atoms with Crippen LogP contribution < -0.4 is 9.64 Å². The number of unbranched alkanes of at least 4 members (excludes halogenated alkanes) is 2. The van der Waals surface area contributed by atoms with E-state index in [1.54, 1.807) is 20.1 Å². The molecule has 0 heterocycles. The Balaban J connectivity index is 2.83. The number of anilines is 1. The number of benzene rings is 1. The number of carbonyl (C=O) groups excluding carboxylic acids is 1. The Bertz CT molecular complexity index is 418. The summed E-state index contributed by atoms with van der Waals surface area (Å²) in [5.74, 6) is 0.627. The highest BCUT2D eigenvalue weighted by Crippen LogP contribution is 2.29. The Labute approximate surface area is 115 Å². The molecule has 19 heavy (non-hydrogen) atoms. The van der Waals surface area contributed by atoms with Crippen molar-refractivity contribution in [2.45, 2.75) is 26.2 Å². The quantitative estimate of drug-likeness (QED) is 0.579. The SMILES string of the molecule is COc1cccc(N(C)CCCCCO)c1C(C)=O. The summed E-state index contributed by atoms with van der Waals surface area (Å²) in [5, 5.41) is 8.76. The first-order chi connectivity index (χ1) is 9.11. The average molecular weight is 265 g/mol. The molecule has 0 amide bonds. The lowest BCUT2D eigenvalue weighted by Gasteiger charge is -2.22. The number of rotatable bonds is 8. The molecular formula is C15H23NO3. The second-order valence-electron chi connectivity index (χ2n) is 4.62. The molecule has 0 aliphatic heterocycles. The molecule has 0 saturated carbocycles. The van der Waals surface area contributed by atoms with Gasteiger partial charge in [-0.25, -0.2) is 0 Å². The highest BCUT2D eigenvalue weighted by molar-refractivity contribution is 6.02. The van der Waals surface area contributed by atoms with Crippen LogP contribution >= 0.6 is 0 Å². The third-order valence-electron chi connectivity index (χ3n) is 3.14. The van der Waals surface area contributed by atoms with Crippen molar-refractivity contribution in [3.63, 3.8) is 0 Å². The number of Topliss-reactive ketones (excluding diaryl/α,β-unsaturated/α-hetero) is 1. The van der Waals surface area contributed by atoms with Crippen molar-refractivity contribution in [2.24, 2.45) is 0 Å². The van der Waals surface area contributed by atoms with Crippen LogP contribution in [0.5, 0.6) is 5.75 Å². The summed E-state index contributed by atoms with van der Waals surface area (Å²) in [4.78, 5) is 13.9. The number of hydrogen-bond acceptors (Lipinski definition) is 4. The monoisotopic (exact) mass is 265 g/mol. The van der Waals surface area contributed by atoms with Crippen LogP contribution in [0.25, 0.3) is 0 Å². The van der Waals surface area contributed by atoms with Crippen LogP contribution in [0.2, 0.25) is 0 Å². The van der Waals surface area contributed by atoms with E-state index >= 15 is 0 Å². The molecule has 0 spiro atoms. The first kappa shape index (κ1) is 15.5. The number of hydrogen-bond donors (Lipinski definition) is 1. The number of ether oxygens (including phenoxy) is 1. The van der Waals surface area contributed by atoms with Crippen LogP contribution in [0, 0.1) is 0 Å². The van der Waals surface area contributed by atoms with E-state index in [-0.39, 0.29) is 12.4 Å². The maximum atomic E-state index is 11.8. The highest BCUT2D eigenvalue weighted by Gasteiger charge is 2.15. The smallest absolute Gasteiger partial charge is 0.165 e. The minimum Gasteiger partial charge on any atom is -0.496 e. The zero-order valence-corrected chi connectivity index (χ0v) is 12.0. The number of methoxy groups -OCH3 is 1. The molecule has 1 rings (SSSR count). The Morgan fingerprint density at radius 3 is 2.63 bits per heavy atom. The lowest BCUT2D eigenvalue weighted by atomic mass is 10.1. The zero-order valence-electron chi connectivity index (χ0n) is 12.0. The van der Waals surface area contributed by atoms with Crippen molar-refractivity contribution in [1.82, 2.24) is 0 Å². The predicted octanol–water partition coefficient (Wildman–Crippen LogP) is 2.50. The Morgan fingerprint density at radius 2 is 2.05 bits per heavy atom. The Hall–Kier alpha value is -1.55. The topological polar surface area (TPSA) is 49.8 Å². The molecular weight excluding hydrogens is 242 g/mol. The number of aliphatic hydroxyl groups excluding tert-OH is 1. The minimum atomic E-state index is 0.00894. The van der Waals surface area contributed by atoms with Crippen LogP contribution in [0.1, 0.15) is 36.5 Å². The number of carbonyl (C=O) groups is 1. The molecule has 0 atom stereocenters. The Kier molecular flexibility index (Phi) is 6.36. The maximum Gasteiger partial charge on any atom is 0.165 e. The first-order valence-corrected chi connectivity index (χ1v) is 6.61. The average Bonchev–Trinajstić information content (AvgIpc) is 2.42. The van der Waals surface area contributed by atoms with Crippen molar-refractivity contribution in [2.75, 3.05) is 32.2 Å². The number of ketones is 1. The summed E-state index contributed by atoms with van der Waals surface area (Å²) in [5.41, 5.74) is 1.53. The summed E-state index contributed by atoms with van der Waals surface area (Å²) < 4.78 is 5.26. The maximum absolute atomic E-state index is 11.8. The standard InChI is InChI=1S/C15H23NO3/c1-12(18)15-13(8-7-9-14(15)19-3)16(2)10-5-4-6-11-17/h7-9,17H,4-6,10-11H2,1-3H3. The van der Waals surface area contributed by atoms with Gasteiger partial charge in [-0.15, -0.1) is 0 Å². The van der Waals surface area contributed by atoms with Gasteiger partial charge in [-0.05, 0) is 38.3 Å². The first-order valence-electron chi connectivity index (χ1n) is 6.61. The molecule has 1 aromatic rings. The predicted molar refractivity (Wildman–Crippen MR) is 77.2 cm³/mol. The Morgan fingerprint density at radius 1 is 1.32 bits per heavy atom. The molecule has 0 unspecified atom stereocenters. The molecule has 0 aromatic heterocycles. The number of nitrogens with zero attached hydrogens (tertiary/aromatic N) is 1. The molecule has 0 radical (unpaired) electrons. The summed E-state index contributed by atoms with van der Waals surface area (Å²) in [6.45, 7) is 2.65. The molecule has 0 bridgehead atoms. The molecule has 0 saturated heterocycles. The van der Waals surface area contributed by atoms with E-state index in [0.29, 0.717) is 11.3 Å². The summed E-state index contributed by atoms with van der Waals surface area (Å²) in [7, 11) is 3.55. The van der Waals surface area contributed by atoms with Crippen molar-refractivity contribution in [3.8, 4) is 5.75 Å². The van der Waals surface area contributed by atoms with E-state index < -0.39 is 0 Å². The second-order valence-corrected chi connectivity index (χ2v) is 4.62. The lowest BCUT2D eigenvalue weighted by Crippen LogP contribution is -2.21. The van der Waals surface area contributed by atoms with Gasteiger partial charge < -0.3 is 14.7 Å².